The maximum Gasteiger partial charge on any atom is 0.137 e. The van der Waals surface area contributed by atoms with Crippen molar-refractivity contribution >= 4 is 23.2 Å². The SMILES string of the molecule is FC1=CCC(=c2ncn(Cc3ncc[nH]3)c2=C2CC=Nc3[nH]ccc32)C=C1. The number of aromatic nitrogens is 5. The van der Waals surface area contributed by atoms with Crippen molar-refractivity contribution in [3.63, 3.8) is 0 Å². The highest BCUT2D eigenvalue weighted by Gasteiger charge is 2.17. The normalized spacial score (nSPS) is 20.0. The van der Waals surface area contributed by atoms with Gasteiger partial charge in [0.25, 0.3) is 0 Å². The molecule has 0 saturated heterocycles. The quantitative estimate of drug-likeness (QED) is 0.736. The van der Waals surface area contributed by atoms with Crippen LogP contribution in [0.25, 0.3) is 11.1 Å². The zero-order chi connectivity index (χ0) is 18.2. The summed E-state index contributed by atoms with van der Waals surface area (Å²) in [5.41, 5.74) is 3.22. The second-order valence-electron chi connectivity index (χ2n) is 6.49. The zero-order valence-electron chi connectivity index (χ0n) is 14.5. The summed E-state index contributed by atoms with van der Waals surface area (Å²) >= 11 is 0. The van der Waals surface area contributed by atoms with Crippen molar-refractivity contribution in [1.29, 1.82) is 0 Å². The van der Waals surface area contributed by atoms with Crippen LogP contribution < -0.4 is 10.7 Å². The Bertz CT molecular complexity index is 1200. The molecule has 7 heteroatoms. The molecule has 0 radical (unpaired) electrons. The van der Waals surface area contributed by atoms with E-state index in [1.165, 1.54) is 6.08 Å². The summed E-state index contributed by atoms with van der Waals surface area (Å²) in [6.07, 6.45) is 15.3. The smallest absolute Gasteiger partial charge is 0.137 e. The second kappa shape index (κ2) is 6.35. The fourth-order valence-electron chi connectivity index (χ4n) is 3.57. The summed E-state index contributed by atoms with van der Waals surface area (Å²) in [6.45, 7) is 0.580. The molecule has 4 heterocycles. The van der Waals surface area contributed by atoms with Gasteiger partial charge < -0.3 is 14.5 Å². The van der Waals surface area contributed by atoms with E-state index in [9.17, 15) is 4.39 Å². The molecule has 0 atom stereocenters. The van der Waals surface area contributed by atoms with Crippen molar-refractivity contribution in [2.75, 3.05) is 0 Å². The fourth-order valence-corrected chi connectivity index (χ4v) is 3.57. The number of rotatable bonds is 2. The average molecular weight is 360 g/mol. The van der Waals surface area contributed by atoms with Gasteiger partial charge in [-0.1, -0.05) is 6.08 Å². The van der Waals surface area contributed by atoms with Gasteiger partial charge in [0.1, 0.15) is 17.5 Å². The van der Waals surface area contributed by atoms with Crippen LogP contribution in [0.15, 0.2) is 60.0 Å². The molecule has 0 fully saturated rings. The monoisotopic (exact) mass is 360 g/mol. The third kappa shape index (κ3) is 2.77. The van der Waals surface area contributed by atoms with Crippen LogP contribution in [-0.4, -0.2) is 30.7 Å². The lowest BCUT2D eigenvalue weighted by molar-refractivity contribution is 0.661. The molecule has 6 nitrogen and oxygen atoms in total. The van der Waals surface area contributed by atoms with E-state index in [0.717, 1.165) is 39.1 Å². The Morgan fingerprint density at radius 1 is 1.11 bits per heavy atom. The summed E-state index contributed by atoms with van der Waals surface area (Å²) < 4.78 is 15.5. The van der Waals surface area contributed by atoms with Crippen LogP contribution in [0.1, 0.15) is 24.2 Å². The van der Waals surface area contributed by atoms with Gasteiger partial charge in [-0.15, -0.1) is 0 Å². The van der Waals surface area contributed by atoms with Crippen molar-refractivity contribution in [3.8, 4) is 0 Å². The number of fused-ring (bicyclic) bond motifs is 1. The minimum Gasteiger partial charge on any atom is -0.347 e. The van der Waals surface area contributed by atoms with Gasteiger partial charge in [0.05, 0.1) is 23.6 Å². The lowest BCUT2D eigenvalue weighted by Gasteiger charge is -2.11. The lowest BCUT2D eigenvalue weighted by Crippen LogP contribution is -2.35. The highest BCUT2D eigenvalue weighted by molar-refractivity contribution is 5.88. The first-order valence-corrected chi connectivity index (χ1v) is 8.79. The molecule has 0 saturated carbocycles. The molecule has 0 aromatic carbocycles. The first-order valence-electron chi connectivity index (χ1n) is 8.79. The van der Waals surface area contributed by atoms with E-state index in [2.05, 4.69) is 29.5 Å². The number of aromatic amines is 2. The largest absolute Gasteiger partial charge is 0.347 e. The number of aliphatic imine (C=N–C) groups is 1. The highest BCUT2D eigenvalue weighted by atomic mass is 19.1. The molecule has 3 aromatic heterocycles. The van der Waals surface area contributed by atoms with Gasteiger partial charge in [-0.2, -0.15) is 0 Å². The van der Waals surface area contributed by atoms with E-state index in [0.29, 0.717) is 19.4 Å². The van der Waals surface area contributed by atoms with E-state index < -0.39 is 0 Å². The molecule has 5 rings (SSSR count). The summed E-state index contributed by atoms with van der Waals surface area (Å²) in [4.78, 5) is 19.8. The number of halogens is 1. The summed E-state index contributed by atoms with van der Waals surface area (Å²) in [6, 6.07) is 2.04. The topological polar surface area (TPSA) is 74.7 Å². The molecule has 0 unspecified atom stereocenters. The first kappa shape index (κ1) is 15.7. The molecule has 2 N–H and O–H groups in total. The van der Waals surface area contributed by atoms with Crippen molar-refractivity contribution in [1.82, 2.24) is 24.5 Å². The molecule has 0 bridgehead atoms. The number of allylic oxidation sites excluding steroid dienone is 4. The number of nitrogens with one attached hydrogen (secondary N) is 2. The Kier molecular flexibility index (Phi) is 3.71. The van der Waals surface area contributed by atoms with Crippen molar-refractivity contribution in [2.24, 2.45) is 4.99 Å². The Morgan fingerprint density at radius 2 is 2.07 bits per heavy atom. The Balaban J connectivity index is 1.79. The van der Waals surface area contributed by atoms with Crippen molar-refractivity contribution < 1.29 is 4.39 Å². The predicted octanol–water partition coefficient (Wildman–Crippen LogP) is 2.25. The van der Waals surface area contributed by atoms with Gasteiger partial charge in [-0.25, -0.2) is 19.4 Å². The molecule has 27 heavy (non-hydrogen) atoms. The van der Waals surface area contributed by atoms with Gasteiger partial charge in [-0.3, -0.25) is 0 Å². The van der Waals surface area contributed by atoms with Crippen LogP contribution in [0.5, 0.6) is 0 Å². The predicted molar refractivity (Wildman–Crippen MR) is 102 cm³/mol. The van der Waals surface area contributed by atoms with Gasteiger partial charge in [-0.05, 0) is 35.8 Å². The minimum atomic E-state index is -0.208. The molecule has 1 aliphatic heterocycles. The molecule has 2 aliphatic rings. The number of hydrogen-bond acceptors (Lipinski definition) is 3. The van der Waals surface area contributed by atoms with Crippen LogP contribution in [0, 0.1) is 0 Å². The van der Waals surface area contributed by atoms with Crippen LogP contribution in [0.3, 0.4) is 0 Å². The van der Waals surface area contributed by atoms with Gasteiger partial charge in [0.15, 0.2) is 0 Å². The van der Waals surface area contributed by atoms with Crippen LogP contribution in [-0.2, 0) is 6.54 Å². The maximum atomic E-state index is 13.4. The van der Waals surface area contributed by atoms with Gasteiger partial charge >= 0.3 is 0 Å². The Labute approximate surface area is 154 Å². The molecular formula is C20H17FN6. The second-order valence-corrected chi connectivity index (χ2v) is 6.49. The fraction of sp³-hybridized carbons (Fsp3) is 0.150. The van der Waals surface area contributed by atoms with Crippen LogP contribution in [0.4, 0.5) is 10.2 Å². The third-order valence-electron chi connectivity index (χ3n) is 4.83. The van der Waals surface area contributed by atoms with E-state index in [1.54, 1.807) is 12.3 Å². The average Bonchev–Trinajstić information content (AvgIpc) is 3.43. The number of nitrogens with zero attached hydrogens (tertiary/aromatic N) is 4. The summed E-state index contributed by atoms with van der Waals surface area (Å²) in [5.74, 6) is 1.50. The molecule has 0 amide bonds. The van der Waals surface area contributed by atoms with Crippen molar-refractivity contribution in [3.05, 3.63) is 77.1 Å². The van der Waals surface area contributed by atoms with Gasteiger partial charge in [0.2, 0.25) is 0 Å². The number of hydrogen-bond donors (Lipinski definition) is 2. The molecule has 0 spiro atoms. The van der Waals surface area contributed by atoms with Crippen LogP contribution in [0.2, 0.25) is 0 Å². The summed E-state index contributed by atoms with van der Waals surface area (Å²) in [5, 5.41) is 1.90. The molecule has 1 aliphatic carbocycles. The van der Waals surface area contributed by atoms with E-state index >= 15 is 0 Å². The third-order valence-corrected chi connectivity index (χ3v) is 4.83. The van der Waals surface area contributed by atoms with Crippen LogP contribution >= 0.6 is 0 Å². The number of imidazole rings is 2. The van der Waals surface area contributed by atoms with Gasteiger partial charge in [0, 0.05) is 36.8 Å². The first-order chi connectivity index (χ1) is 13.3. The Morgan fingerprint density at radius 3 is 2.89 bits per heavy atom. The minimum absolute atomic E-state index is 0.208. The number of H-pyrrole nitrogens is 2. The lowest BCUT2D eigenvalue weighted by atomic mass is 10.0. The highest BCUT2D eigenvalue weighted by Crippen LogP contribution is 2.28. The van der Waals surface area contributed by atoms with E-state index in [-0.39, 0.29) is 5.83 Å². The van der Waals surface area contributed by atoms with E-state index in [1.807, 2.05) is 37.1 Å². The molecular weight excluding hydrogens is 343 g/mol. The standard InChI is InChI=1S/C20H17FN6/c21-14-3-1-13(2-4-14)18-19(15-5-7-24-20-16(15)6-8-25-20)27(12-26-18)11-17-22-9-10-23-17/h1,3-4,6-10,12,25H,2,5,11H2,(H,22,23). The van der Waals surface area contributed by atoms with Crippen molar-refractivity contribution in [2.45, 2.75) is 19.4 Å². The molecule has 3 aromatic rings. The molecule has 134 valence electrons. The summed E-state index contributed by atoms with van der Waals surface area (Å²) in [7, 11) is 0. The zero-order valence-corrected chi connectivity index (χ0v) is 14.5. The Hall–Kier alpha value is -3.48. The van der Waals surface area contributed by atoms with E-state index in [4.69, 9.17) is 0 Å². The maximum absolute atomic E-state index is 13.4.